The van der Waals surface area contributed by atoms with Crippen molar-refractivity contribution in [1.29, 1.82) is 0 Å². The van der Waals surface area contributed by atoms with Crippen molar-refractivity contribution in [3.8, 4) is 23.0 Å². The first kappa shape index (κ1) is 30.1. The van der Waals surface area contributed by atoms with Crippen molar-refractivity contribution in [3.63, 3.8) is 0 Å². The molecule has 13 heteroatoms. The summed E-state index contributed by atoms with van der Waals surface area (Å²) in [6, 6.07) is 13.0. The van der Waals surface area contributed by atoms with Crippen LogP contribution >= 0.6 is 0 Å². The predicted molar refractivity (Wildman–Crippen MR) is 156 cm³/mol. The number of hydrogen-bond acceptors (Lipinski definition) is 10. The number of piperazine rings is 1. The average Bonchev–Trinajstić information content (AvgIpc) is 3.39. The summed E-state index contributed by atoms with van der Waals surface area (Å²) < 4.78 is 46.8. The Bertz CT molecular complexity index is 1550. The van der Waals surface area contributed by atoms with E-state index in [9.17, 15) is 8.42 Å². The zero-order valence-electron chi connectivity index (χ0n) is 23.4. The largest absolute Gasteiger partial charge is 0.493 e. The number of nitrogens with one attached hydrogen (secondary N) is 1. The number of aromatic nitrogens is 3. The number of nitrogen functional groups attached to an aromatic ring is 1. The smallest absolute Gasteiger partial charge is 0.311 e. The molecule has 0 bridgehead atoms. The molecule has 0 saturated carbocycles. The number of ether oxygens (including phenoxy) is 3. The summed E-state index contributed by atoms with van der Waals surface area (Å²) in [6.45, 7) is 7.77. The van der Waals surface area contributed by atoms with Gasteiger partial charge < -0.3 is 34.7 Å². The van der Waals surface area contributed by atoms with Gasteiger partial charge in [0.25, 0.3) is 0 Å². The lowest BCUT2D eigenvalue weighted by atomic mass is 10.1. The first-order valence-electron chi connectivity index (χ1n) is 13.2. The highest BCUT2D eigenvalue weighted by molar-refractivity contribution is 7.85. The van der Waals surface area contributed by atoms with Crippen LogP contribution in [0, 0.1) is 6.92 Å². The van der Waals surface area contributed by atoms with Gasteiger partial charge in [-0.25, -0.2) is 4.98 Å². The van der Waals surface area contributed by atoms with Gasteiger partial charge in [0.15, 0.2) is 16.5 Å². The Balaban J connectivity index is 0.000000328. The highest BCUT2D eigenvalue weighted by Crippen LogP contribution is 2.37. The van der Waals surface area contributed by atoms with E-state index in [1.54, 1.807) is 26.3 Å². The molecule has 3 heterocycles. The number of rotatable bonds is 9. The number of aryl methyl sites for hydroxylation is 1. The number of hydrogen-bond donors (Lipinski definition) is 3. The van der Waals surface area contributed by atoms with Gasteiger partial charge in [0.1, 0.15) is 17.3 Å². The van der Waals surface area contributed by atoms with Crippen LogP contribution in [-0.2, 0) is 10.1 Å². The second-order valence-electron chi connectivity index (χ2n) is 9.66. The molecule has 1 aliphatic heterocycles. The third kappa shape index (κ3) is 8.54. The van der Waals surface area contributed by atoms with Gasteiger partial charge in [0, 0.05) is 62.1 Å². The van der Waals surface area contributed by atoms with Gasteiger partial charge in [-0.05, 0) is 44.7 Å². The summed E-state index contributed by atoms with van der Waals surface area (Å²) in [5.41, 5.74) is 7.31. The number of aromatic amines is 1. The van der Waals surface area contributed by atoms with Crippen LogP contribution in [0.4, 0.5) is 5.69 Å². The van der Waals surface area contributed by atoms with Gasteiger partial charge in [-0.3, -0.25) is 9.54 Å². The number of methoxy groups -OCH3 is 1. The Morgan fingerprint density at radius 1 is 1.05 bits per heavy atom. The highest BCUT2D eigenvalue weighted by atomic mass is 32.2. The number of likely N-dealkylation sites (N-methyl/N-ethyl adjacent to an activating group) is 1. The molecule has 5 rings (SSSR count). The maximum atomic E-state index is 10.3. The molecule has 41 heavy (non-hydrogen) atoms. The van der Waals surface area contributed by atoms with Crippen molar-refractivity contribution < 1.29 is 27.2 Å². The summed E-state index contributed by atoms with van der Waals surface area (Å²) in [6.07, 6.45) is 3.76. The second kappa shape index (κ2) is 13.6. The molecule has 1 saturated heterocycles. The Morgan fingerprint density at radius 2 is 1.83 bits per heavy atom. The Morgan fingerprint density at radius 3 is 2.46 bits per heavy atom. The van der Waals surface area contributed by atoms with Gasteiger partial charge in [-0.15, -0.1) is 0 Å². The molecule has 0 aliphatic carbocycles. The van der Waals surface area contributed by atoms with Crippen molar-refractivity contribution >= 4 is 26.7 Å². The van der Waals surface area contributed by atoms with Crippen LogP contribution in [0.1, 0.15) is 12.2 Å². The number of imidazole rings is 1. The lowest BCUT2D eigenvalue weighted by molar-refractivity contribution is 0.145. The lowest BCUT2D eigenvalue weighted by Crippen LogP contribution is -2.44. The Kier molecular flexibility index (Phi) is 10.00. The van der Waals surface area contributed by atoms with Crippen LogP contribution in [0.5, 0.6) is 23.0 Å². The molecule has 0 atom stereocenters. The summed E-state index contributed by atoms with van der Waals surface area (Å²) in [4.78, 5) is 15.3. The average molecular weight is 585 g/mol. The maximum absolute atomic E-state index is 10.3. The molecule has 2 aromatic heterocycles. The standard InChI is InChI=1S/C24H30N4O3.C4H6N2O3S/c1-27-10-12-28(13-11-27)9-4-14-30-24-17-21-20(16-23(24)29-2)22(7-8-26-21)31-19-6-3-5-18(25)15-19;1-3-5-2-4(6-3)10(7,8)9/h3,5-8,15-17H,4,9-14,25H2,1-2H3;2H,1H3,(H,5,6)(H,7,8,9). The molecule has 0 unspecified atom stereocenters. The zero-order valence-corrected chi connectivity index (χ0v) is 24.2. The fourth-order valence-corrected chi connectivity index (χ4v) is 4.73. The van der Waals surface area contributed by atoms with E-state index in [-0.39, 0.29) is 5.03 Å². The van der Waals surface area contributed by atoms with Crippen molar-refractivity contribution in [1.82, 2.24) is 24.8 Å². The number of anilines is 1. The Hall–Kier alpha value is -3.91. The van der Waals surface area contributed by atoms with Crippen LogP contribution in [0.15, 0.2) is 59.9 Å². The quantitative estimate of drug-likeness (QED) is 0.150. The molecule has 0 amide bonds. The monoisotopic (exact) mass is 584 g/mol. The summed E-state index contributed by atoms with van der Waals surface area (Å²) in [7, 11) is -0.281. The number of H-pyrrole nitrogens is 1. The molecule has 1 fully saturated rings. The summed E-state index contributed by atoms with van der Waals surface area (Å²) >= 11 is 0. The zero-order chi connectivity index (χ0) is 29.4. The van der Waals surface area contributed by atoms with Crippen molar-refractivity contribution in [2.24, 2.45) is 0 Å². The third-order valence-corrected chi connectivity index (χ3v) is 7.27. The van der Waals surface area contributed by atoms with Crippen LogP contribution in [-0.4, -0.2) is 91.2 Å². The fourth-order valence-electron chi connectivity index (χ4n) is 4.27. The van der Waals surface area contributed by atoms with E-state index in [2.05, 4.69) is 31.8 Å². The SMILES string of the molecule is COc1cc2c(Oc3cccc(N)c3)ccnc2cc1OCCCN1CCN(C)CC1.Cc1ncc(S(=O)(=O)O)[nH]1. The molecule has 220 valence electrons. The summed E-state index contributed by atoms with van der Waals surface area (Å²) in [5.74, 6) is 3.18. The molecular formula is C28H36N6O6S. The van der Waals surface area contributed by atoms with Crippen LogP contribution in [0.2, 0.25) is 0 Å². The van der Waals surface area contributed by atoms with E-state index in [0.717, 1.165) is 56.2 Å². The topological polar surface area (TPSA) is 156 Å². The van der Waals surface area contributed by atoms with Crippen molar-refractivity contribution in [2.45, 2.75) is 18.4 Å². The number of pyridine rings is 1. The lowest BCUT2D eigenvalue weighted by Gasteiger charge is -2.32. The van der Waals surface area contributed by atoms with Crippen LogP contribution < -0.4 is 19.9 Å². The molecule has 2 aromatic carbocycles. The molecule has 4 N–H and O–H groups in total. The molecule has 12 nitrogen and oxygen atoms in total. The minimum Gasteiger partial charge on any atom is -0.493 e. The molecule has 0 spiro atoms. The second-order valence-corrected chi connectivity index (χ2v) is 11.0. The minimum atomic E-state index is -4.10. The number of nitrogens with two attached hydrogens (primary N) is 1. The fraction of sp³-hybridized carbons (Fsp3) is 0.357. The van der Waals surface area contributed by atoms with Crippen LogP contribution in [0.3, 0.4) is 0 Å². The van der Waals surface area contributed by atoms with Gasteiger partial charge in [0.2, 0.25) is 0 Å². The first-order valence-corrected chi connectivity index (χ1v) is 14.6. The Labute approximate surface area is 239 Å². The van der Waals surface area contributed by atoms with E-state index in [0.29, 0.717) is 41.1 Å². The van der Waals surface area contributed by atoms with E-state index in [1.807, 2.05) is 36.4 Å². The molecule has 1 aliphatic rings. The maximum Gasteiger partial charge on any atom is 0.311 e. The van der Waals surface area contributed by atoms with Crippen molar-refractivity contribution in [2.75, 3.05) is 59.2 Å². The molecule has 4 aromatic rings. The third-order valence-electron chi connectivity index (χ3n) is 6.50. The summed E-state index contributed by atoms with van der Waals surface area (Å²) in [5, 5.41) is 0.580. The van der Waals surface area contributed by atoms with Gasteiger partial charge >= 0.3 is 10.1 Å². The number of nitrogens with zero attached hydrogens (tertiary/aromatic N) is 4. The minimum absolute atomic E-state index is 0.273. The predicted octanol–water partition coefficient (Wildman–Crippen LogP) is 3.60. The number of fused-ring (bicyclic) bond motifs is 1. The number of benzene rings is 2. The van der Waals surface area contributed by atoms with Gasteiger partial charge in [-0.1, -0.05) is 6.07 Å². The van der Waals surface area contributed by atoms with E-state index < -0.39 is 10.1 Å². The van der Waals surface area contributed by atoms with E-state index >= 15 is 0 Å². The van der Waals surface area contributed by atoms with E-state index in [1.165, 1.54) is 0 Å². The molecule has 0 radical (unpaired) electrons. The van der Waals surface area contributed by atoms with Crippen molar-refractivity contribution in [3.05, 3.63) is 60.7 Å². The molecular weight excluding hydrogens is 548 g/mol. The normalized spacial score (nSPS) is 14.3. The van der Waals surface area contributed by atoms with Gasteiger partial charge in [-0.2, -0.15) is 8.42 Å². The first-order chi connectivity index (χ1) is 19.6. The van der Waals surface area contributed by atoms with Gasteiger partial charge in [0.05, 0.1) is 25.4 Å². The van der Waals surface area contributed by atoms with E-state index in [4.69, 9.17) is 24.5 Å². The van der Waals surface area contributed by atoms with Crippen LogP contribution in [0.25, 0.3) is 10.9 Å². The highest BCUT2D eigenvalue weighted by Gasteiger charge is 2.15.